The van der Waals surface area contributed by atoms with E-state index in [1.165, 1.54) is 18.2 Å². The van der Waals surface area contributed by atoms with E-state index in [1.807, 2.05) is 6.92 Å². The summed E-state index contributed by atoms with van der Waals surface area (Å²) in [7, 11) is -3.81. The molecule has 0 bridgehead atoms. The van der Waals surface area contributed by atoms with Crippen LogP contribution in [0.3, 0.4) is 0 Å². The van der Waals surface area contributed by atoms with Crippen LogP contribution < -0.4 is 15.6 Å². The van der Waals surface area contributed by atoms with Gasteiger partial charge in [0.1, 0.15) is 5.75 Å². The van der Waals surface area contributed by atoms with Crippen molar-refractivity contribution in [3.8, 4) is 11.5 Å². The molecule has 7 heteroatoms. The lowest BCUT2D eigenvalue weighted by atomic mass is 10.2. The molecule has 0 aliphatic rings. The topological polar surface area (TPSA) is 95.4 Å². The second kappa shape index (κ2) is 5.32. The van der Waals surface area contributed by atoms with E-state index in [0.717, 1.165) is 5.56 Å². The number of hydrogen-bond donors (Lipinski definition) is 2. The van der Waals surface area contributed by atoms with Gasteiger partial charge in [0.2, 0.25) is 10.0 Å². The van der Waals surface area contributed by atoms with E-state index in [2.05, 4.69) is 0 Å². The van der Waals surface area contributed by atoms with Gasteiger partial charge in [-0.25, -0.2) is 13.6 Å². The van der Waals surface area contributed by atoms with Gasteiger partial charge in [-0.3, -0.25) is 0 Å². The lowest BCUT2D eigenvalue weighted by Gasteiger charge is -2.10. The summed E-state index contributed by atoms with van der Waals surface area (Å²) in [4.78, 5) is -0.0626. The molecule has 0 radical (unpaired) electrons. The van der Waals surface area contributed by atoms with Crippen molar-refractivity contribution in [1.29, 1.82) is 0 Å². The first-order chi connectivity index (χ1) is 9.27. The Hall–Kier alpha value is -1.76. The van der Waals surface area contributed by atoms with E-state index in [4.69, 9.17) is 27.2 Å². The molecule has 0 aromatic heterocycles. The molecule has 0 atom stereocenters. The highest BCUT2D eigenvalue weighted by Crippen LogP contribution is 2.31. The Labute approximate surface area is 122 Å². The van der Waals surface area contributed by atoms with Crippen molar-refractivity contribution in [2.45, 2.75) is 11.8 Å². The van der Waals surface area contributed by atoms with Gasteiger partial charge in [-0.15, -0.1) is 0 Å². The Morgan fingerprint density at radius 2 is 1.85 bits per heavy atom. The number of anilines is 1. The SMILES string of the molecule is Cc1cc(Oc2cc(S(N)(=O)=O)ccc2N)ccc1Cl. The highest BCUT2D eigenvalue weighted by atomic mass is 35.5. The van der Waals surface area contributed by atoms with Crippen LogP contribution in [-0.2, 0) is 10.0 Å². The van der Waals surface area contributed by atoms with Gasteiger partial charge in [0, 0.05) is 11.1 Å². The van der Waals surface area contributed by atoms with Gasteiger partial charge >= 0.3 is 0 Å². The monoisotopic (exact) mass is 312 g/mol. The Kier molecular flexibility index (Phi) is 3.89. The van der Waals surface area contributed by atoms with E-state index in [1.54, 1.807) is 18.2 Å². The molecule has 0 aliphatic carbocycles. The Balaban J connectivity index is 2.40. The molecule has 0 amide bonds. The second-order valence-corrected chi connectivity index (χ2v) is 6.23. The average Bonchev–Trinajstić information content (AvgIpc) is 2.35. The summed E-state index contributed by atoms with van der Waals surface area (Å²) in [5.74, 6) is 0.725. The van der Waals surface area contributed by atoms with E-state index in [-0.39, 0.29) is 10.6 Å². The fourth-order valence-corrected chi connectivity index (χ4v) is 2.23. The molecule has 0 heterocycles. The van der Waals surface area contributed by atoms with Crippen LogP contribution in [0.5, 0.6) is 11.5 Å². The van der Waals surface area contributed by atoms with Crippen LogP contribution >= 0.6 is 11.6 Å². The van der Waals surface area contributed by atoms with Crippen molar-refractivity contribution in [2.75, 3.05) is 5.73 Å². The van der Waals surface area contributed by atoms with Crippen molar-refractivity contribution >= 4 is 27.3 Å². The zero-order chi connectivity index (χ0) is 14.9. The number of aryl methyl sites for hydroxylation is 1. The van der Waals surface area contributed by atoms with Crippen LogP contribution in [0.15, 0.2) is 41.3 Å². The lowest BCUT2D eigenvalue weighted by Crippen LogP contribution is -2.12. The highest BCUT2D eigenvalue weighted by Gasteiger charge is 2.12. The van der Waals surface area contributed by atoms with E-state index < -0.39 is 10.0 Å². The van der Waals surface area contributed by atoms with Crippen LogP contribution in [0.1, 0.15) is 5.56 Å². The average molecular weight is 313 g/mol. The molecular formula is C13H13ClN2O3S. The van der Waals surface area contributed by atoms with E-state index >= 15 is 0 Å². The second-order valence-electron chi connectivity index (χ2n) is 4.26. The molecule has 106 valence electrons. The summed E-state index contributed by atoms with van der Waals surface area (Å²) in [6.45, 7) is 1.83. The zero-order valence-electron chi connectivity index (χ0n) is 10.6. The molecule has 0 saturated heterocycles. The first-order valence-corrected chi connectivity index (χ1v) is 7.56. The largest absolute Gasteiger partial charge is 0.455 e. The molecular weight excluding hydrogens is 300 g/mol. The Morgan fingerprint density at radius 3 is 2.45 bits per heavy atom. The summed E-state index contributed by atoms with van der Waals surface area (Å²) < 4.78 is 28.2. The predicted octanol–water partition coefficient (Wildman–Crippen LogP) is 2.67. The molecule has 0 saturated carbocycles. The van der Waals surface area contributed by atoms with Gasteiger partial charge in [-0.2, -0.15) is 0 Å². The van der Waals surface area contributed by atoms with Crippen LogP contribution in [0.25, 0.3) is 0 Å². The van der Waals surface area contributed by atoms with Gasteiger partial charge in [0.25, 0.3) is 0 Å². The molecule has 5 nitrogen and oxygen atoms in total. The van der Waals surface area contributed by atoms with Gasteiger partial charge in [-0.05, 0) is 42.8 Å². The van der Waals surface area contributed by atoms with Gasteiger partial charge in [0.05, 0.1) is 10.6 Å². The summed E-state index contributed by atoms with van der Waals surface area (Å²) in [6, 6.07) is 9.12. The minimum absolute atomic E-state index is 0.0626. The molecule has 0 unspecified atom stereocenters. The molecule has 20 heavy (non-hydrogen) atoms. The predicted molar refractivity (Wildman–Crippen MR) is 78.5 cm³/mol. The number of rotatable bonds is 3. The third-order valence-corrected chi connectivity index (χ3v) is 4.01. The number of hydrogen-bond acceptors (Lipinski definition) is 4. The summed E-state index contributed by atoms with van der Waals surface area (Å²) in [6.07, 6.45) is 0. The fraction of sp³-hybridized carbons (Fsp3) is 0.0769. The normalized spacial score (nSPS) is 11.3. The number of ether oxygens (including phenoxy) is 1. The molecule has 4 N–H and O–H groups in total. The van der Waals surface area contributed by atoms with Crippen LogP contribution in [0.4, 0.5) is 5.69 Å². The summed E-state index contributed by atoms with van der Waals surface area (Å²) in [5.41, 5.74) is 6.91. The van der Waals surface area contributed by atoms with Gasteiger partial charge in [0.15, 0.2) is 5.75 Å². The summed E-state index contributed by atoms with van der Waals surface area (Å²) in [5, 5.41) is 5.69. The number of halogens is 1. The van der Waals surface area contributed by atoms with Gasteiger partial charge < -0.3 is 10.5 Å². The van der Waals surface area contributed by atoms with Crippen molar-refractivity contribution in [2.24, 2.45) is 5.14 Å². The Bertz CT molecular complexity index is 760. The molecule has 2 aromatic rings. The molecule has 2 rings (SSSR count). The molecule has 0 aliphatic heterocycles. The highest BCUT2D eigenvalue weighted by molar-refractivity contribution is 7.89. The van der Waals surface area contributed by atoms with E-state index in [9.17, 15) is 8.42 Å². The van der Waals surface area contributed by atoms with E-state index in [0.29, 0.717) is 16.5 Å². The van der Waals surface area contributed by atoms with Crippen molar-refractivity contribution < 1.29 is 13.2 Å². The minimum atomic E-state index is -3.81. The maximum Gasteiger partial charge on any atom is 0.238 e. The number of nitrogen functional groups attached to an aromatic ring is 1. The first-order valence-electron chi connectivity index (χ1n) is 5.64. The third kappa shape index (κ3) is 3.22. The quantitative estimate of drug-likeness (QED) is 0.852. The molecule has 2 aromatic carbocycles. The van der Waals surface area contributed by atoms with Crippen LogP contribution in [0.2, 0.25) is 5.02 Å². The maximum absolute atomic E-state index is 11.3. The maximum atomic E-state index is 11.3. The smallest absolute Gasteiger partial charge is 0.238 e. The molecule has 0 spiro atoms. The van der Waals surface area contributed by atoms with Crippen molar-refractivity contribution in [3.63, 3.8) is 0 Å². The fourth-order valence-electron chi connectivity index (χ4n) is 1.59. The minimum Gasteiger partial charge on any atom is -0.455 e. The van der Waals surface area contributed by atoms with Crippen LogP contribution in [0, 0.1) is 6.92 Å². The van der Waals surface area contributed by atoms with Crippen molar-refractivity contribution in [1.82, 2.24) is 0 Å². The standard InChI is InChI=1S/C13H13ClN2O3S/c1-8-6-9(2-4-11(8)14)19-13-7-10(20(16,17)18)3-5-12(13)15/h2-7H,15H2,1H3,(H2,16,17,18). The third-order valence-electron chi connectivity index (χ3n) is 2.67. The number of primary sulfonamides is 1. The van der Waals surface area contributed by atoms with Crippen LogP contribution in [-0.4, -0.2) is 8.42 Å². The van der Waals surface area contributed by atoms with Crippen molar-refractivity contribution in [3.05, 3.63) is 47.0 Å². The van der Waals surface area contributed by atoms with Gasteiger partial charge in [-0.1, -0.05) is 11.6 Å². The first kappa shape index (κ1) is 14.6. The summed E-state index contributed by atoms with van der Waals surface area (Å²) >= 11 is 5.92. The zero-order valence-corrected chi connectivity index (χ0v) is 12.2. The Morgan fingerprint density at radius 1 is 1.15 bits per heavy atom. The number of benzene rings is 2. The number of nitrogens with two attached hydrogens (primary N) is 2. The molecule has 0 fully saturated rings. The lowest BCUT2D eigenvalue weighted by molar-refractivity contribution is 0.483. The number of sulfonamides is 1.